The van der Waals surface area contributed by atoms with Gasteiger partial charge in [-0.05, 0) is 36.2 Å². The predicted molar refractivity (Wildman–Crippen MR) is 123 cm³/mol. The Morgan fingerprint density at radius 2 is 1.87 bits per heavy atom. The molecule has 2 aromatic carbocycles. The number of fused-ring (bicyclic) bond motifs is 1. The van der Waals surface area contributed by atoms with Crippen molar-refractivity contribution in [2.45, 2.75) is 19.5 Å². The summed E-state index contributed by atoms with van der Waals surface area (Å²) in [5.74, 6) is 0.315. The molecule has 1 aliphatic heterocycles. The summed E-state index contributed by atoms with van der Waals surface area (Å²) >= 11 is 0. The van der Waals surface area contributed by atoms with E-state index in [0.717, 1.165) is 42.4 Å². The second kappa shape index (κ2) is 8.88. The highest BCUT2D eigenvalue weighted by molar-refractivity contribution is 6.07. The monoisotopic (exact) mass is 411 g/mol. The normalized spacial score (nSPS) is 13.8. The maximum Gasteiger partial charge on any atom is 0.262 e. The third-order valence-corrected chi connectivity index (χ3v) is 5.68. The van der Waals surface area contributed by atoms with Crippen LogP contribution in [0.15, 0.2) is 66.9 Å². The number of hydrogen-bond acceptors (Lipinski definition) is 6. The first-order chi connectivity index (χ1) is 15.1. The Hall–Kier alpha value is -3.85. The van der Waals surface area contributed by atoms with E-state index in [0.29, 0.717) is 5.56 Å². The van der Waals surface area contributed by atoms with Gasteiger partial charge in [0.1, 0.15) is 11.8 Å². The zero-order valence-electron chi connectivity index (χ0n) is 17.7. The van der Waals surface area contributed by atoms with E-state index in [-0.39, 0.29) is 6.04 Å². The molecule has 31 heavy (non-hydrogen) atoms. The summed E-state index contributed by atoms with van der Waals surface area (Å²) in [5, 5.41) is 12.4. The van der Waals surface area contributed by atoms with Crippen molar-refractivity contribution in [3.05, 3.63) is 83.6 Å². The molecule has 1 aliphatic rings. The molecule has 6 nitrogen and oxygen atoms in total. The average molecular weight is 412 g/mol. The lowest BCUT2D eigenvalue weighted by Crippen LogP contribution is -2.39. The van der Waals surface area contributed by atoms with Gasteiger partial charge >= 0.3 is 0 Å². The summed E-state index contributed by atoms with van der Waals surface area (Å²) in [4.78, 5) is 20.9. The molecule has 0 radical (unpaired) electrons. The number of nitrogens with zero attached hydrogens (tertiary/aromatic N) is 4. The van der Waals surface area contributed by atoms with Gasteiger partial charge in [-0.15, -0.1) is 0 Å². The van der Waals surface area contributed by atoms with Gasteiger partial charge in [-0.1, -0.05) is 42.5 Å². The van der Waals surface area contributed by atoms with Crippen LogP contribution in [0, 0.1) is 11.3 Å². The van der Waals surface area contributed by atoms with Crippen LogP contribution in [0.3, 0.4) is 0 Å². The lowest BCUT2D eigenvalue weighted by atomic mass is 10.0. The molecule has 0 aliphatic carbocycles. The number of nitriles is 1. The highest BCUT2D eigenvalue weighted by Gasteiger charge is 2.25. The van der Waals surface area contributed by atoms with Crippen LogP contribution >= 0.6 is 0 Å². The number of pyridine rings is 1. The molecule has 1 aromatic heterocycles. The fraction of sp³-hybridized carbons (Fsp3) is 0.240. The standard InChI is InChI=1S/C25H25N5O/c1-18(20-8-10-21(11-9-20)23(31)16-26)28-25-24-22(12-13-27-25)29(2)14-15-30(24)17-19-6-4-3-5-7-19/h3-13,18H,14-15,17H2,1-2H3,(H,27,28). The summed E-state index contributed by atoms with van der Waals surface area (Å²) in [6.45, 7) is 4.75. The molecule has 0 fully saturated rings. The number of ketones is 1. The molecule has 156 valence electrons. The molecule has 0 saturated carbocycles. The third kappa shape index (κ3) is 4.36. The molecule has 0 amide bonds. The molecule has 6 heteroatoms. The first kappa shape index (κ1) is 20.4. The maximum absolute atomic E-state index is 11.6. The second-order valence-corrected chi connectivity index (χ2v) is 7.78. The number of likely N-dealkylation sites (N-methyl/N-ethyl adjacent to an activating group) is 1. The van der Waals surface area contributed by atoms with Crippen LogP contribution in [0.2, 0.25) is 0 Å². The van der Waals surface area contributed by atoms with Gasteiger partial charge in [0.15, 0.2) is 5.82 Å². The second-order valence-electron chi connectivity index (χ2n) is 7.78. The van der Waals surface area contributed by atoms with Crippen LogP contribution < -0.4 is 15.1 Å². The first-order valence-electron chi connectivity index (χ1n) is 10.4. The Kier molecular flexibility index (Phi) is 5.85. The van der Waals surface area contributed by atoms with E-state index < -0.39 is 5.78 Å². The van der Waals surface area contributed by atoms with Crippen molar-refractivity contribution in [2.75, 3.05) is 35.3 Å². The molecule has 4 rings (SSSR count). The summed E-state index contributed by atoms with van der Waals surface area (Å²) in [6, 6.07) is 21.3. The van der Waals surface area contributed by atoms with Gasteiger partial charge in [-0.3, -0.25) is 4.79 Å². The van der Waals surface area contributed by atoms with E-state index in [1.54, 1.807) is 18.2 Å². The highest BCUT2D eigenvalue weighted by Crippen LogP contribution is 2.39. The van der Waals surface area contributed by atoms with Crippen LogP contribution in [-0.4, -0.2) is 30.9 Å². The lowest BCUT2D eigenvalue weighted by Gasteiger charge is -2.38. The number of hydrogen-bond donors (Lipinski definition) is 1. The highest BCUT2D eigenvalue weighted by atomic mass is 16.1. The van der Waals surface area contributed by atoms with Gasteiger partial charge in [-0.25, -0.2) is 4.98 Å². The van der Waals surface area contributed by atoms with Gasteiger partial charge in [0.25, 0.3) is 5.78 Å². The molecular weight excluding hydrogens is 386 g/mol. The molecule has 2 heterocycles. The lowest BCUT2D eigenvalue weighted by molar-refractivity contribution is 0.105. The smallest absolute Gasteiger partial charge is 0.262 e. The van der Waals surface area contributed by atoms with E-state index in [1.165, 1.54) is 5.56 Å². The zero-order valence-corrected chi connectivity index (χ0v) is 17.7. The van der Waals surface area contributed by atoms with Crippen molar-refractivity contribution in [2.24, 2.45) is 0 Å². The van der Waals surface area contributed by atoms with E-state index in [1.807, 2.05) is 24.4 Å². The first-order valence-corrected chi connectivity index (χ1v) is 10.4. The van der Waals surface area contributed by atoms with Crippen molar-refractivity contribution in [1.82, 2.24) is 4.98 Å². The van der Waals surface area contributed by atoms with Crippen LogP contribution in [0.1, 0.15) is 34.5 Å². The molecule has 1 unspecified atom stereocenters. The number of rotatable bonds is 6. The summed E-state index contributed by atoms with van der Waals surface area (Å²) < 4.78 is 0. The molecular formula is C25H25N5O. The number of carbonyl (C=O) groups is 1. The van der Waals surface area contributed by atoms with Crippen molar-refractivity contribution in [1.29, 1.82) is 5.26 Å². The number of benzene rings is 2. The number of aromatic nitrogens is 1. The van der Waals surface area contributed by atoms with Crippen LogP contribution in [0.5, 0.6) is 0 Å². The van der Waals surface area contributed by atoms with Crippen molar-refractivity contribution in [3.63, 3.8) is 0 Å². The molecule has 0 bridgehead atoms. The van der Waals surface area contributed by atoms with Crippen LogP contribution in [-0.2, 0) is 6.54 Å². The van der Waals surface area contributed by atoms with Gasteiger partial charge in [-0.2, -0.15) is 5.26 Å². The number of anilines is 3. The molecule has 1 N–H and O–H groups in total. The van der Waals surface area contributed by atoms with Crippen LogP contribution in [0.4, 0.5) is 17.2 Å². The fourth-order valence-electron chi connectivity index (χ4n) is 3.91. The topological polar surface area (TPSA) is 72.3 Å². The summed E-state index contributed by atoms with van der Waals surface area (Å²) in [7, 11) is 2.11. The van der Waals surface area contributed by atoms with E-state index >= 15 is 0 Å². The average Bonchev–Trinajstić information content (AvgIpc) is 2.81. The Morgan fingerprint density at radius 1 is 1.13 bits per heavy atom. The van der Waals surface area contributed by atoms with Crippen molar-refractivity contribution >= 4 is 23.0 Å². The largest absolute Gasteiger partial charge is 0.371 e. The van der Waals surface area contributed by atoms with Gasteiger partial charge in [0, 0.05) is 38.4 Å². The SMILES string of the molecule is CC(Nc1nccc2c1N(Cc1ccccc1)CCN2C)c1ccc(C(=O)C#N)cc1. The van der Waals surface area contributed by atoms with Crippen molar-refractivity contribution in [3.8, 4) is 6.07 Å². The third-order valence-electron chi connectivity index (χ3n) is 5.68. The van der Waals surface area contributed by atoms with E-state index in [4.69, 9.17) is 5.26 Å². The fourth-order valence-corrected chi connectivity index (χ4v) is 3.91. The predicted octanol–water partition coefficient (Wildman–Crippen LogP) is 4.42. The number of nitrogens with one attached hydrogen (secondary N) is 1. The number of Topliss-reactive ketones (excluding diaryl/α,β-unsaturated/α-hetero) is 1. The van der Waals surface area contributed by atoms with Gasteiger partial charge < -0.3 is 15.1 Å². The quantitative estimate of drug-likeness (QED) is 0.478. The molecule has 3 aromatic rings. The molecule has 0 saturated heterocycles. The minimum atomic E-state index is -0.523. The Morgan fingerprint density at radius 3 is 2.58 bits per heavy atom. The zero-order chi connectivity index (χ0) is 21.8. The summed E-state index contributed by atoms with van der Waals surface area (Å²) in [6.07, 6.45) is 1.84. The van der Waals surface area contributed by atoms with Gasteiger partial charge in [0.2, 0.25) is 0 Å². The molecule has 1 atom stereocenters. The summed E-state index contributed by atoms with van der Waals surface area (Å²) in [5.41, 5.74) is 4.95. The van der Waals surface area contributed by atoms with Crippen molar-refractivity contribution < 1.29 is 4.79 Å². The minimum Gasteiger partial charge on any atom is -0.371 e. The molecule has 0 spiro atoms. The Balaban J connectivity index is 1.61. The Bertz CT molecular complexity index is 1110. The van der Waals surface area contributed by atoms with Crippen LogP contribution in [0.25, 0.3) is 0 Å². The maximum atomic E-state index is 11.6. The van der Waals surface area contributed by atoms with E-state index in [2.05, 4.69) is 64.4 Å². The number of carbonyl (C=O) groups excluding carboxylic acids is 1. The Labute approximate surface area is 182 Å². The van der Waals surface area contributed by atoms with E-state index in [9.17, 15) is 4.79 Å². The minimum absolute atomic E-state index is 0.0176. The van der Waals surface area contributed by atoms with Gasteiger partial charge in [0.05, 0.1) is 11.7 Å².